The Balaban J connectivity index is 1.57. The number of thiazole rings is 1. The number of amides is 1. The van der Waals surface area contributed by atoms with Crippen molar-refractivity contribution in [1.29, 1.82) is 0 Å². The van der Waals surface area contributed by atoms with Crippen LogP contribution < -0.4 is 15.4 Å². The number of carbonyl (C=O) groups is 1. The standard InChI is InChI=1S/C16H15N5O2S/c1-23-14-6-5-11(8-18-14)9-19-15(22)12-10-24-16(20-12)21-13-4-2-3-7-17-13/h2-8,10H,9H2,1H3,(H,19,22)(H,17,20,21). The third-order valence-electron chi connectivity index (χ3n) is 3.10. The number of hydrogen-bond acceptors (Lipinski definition) is 7. The molecule has 3 heterocycles. The molecule has 0 spiro atoms. The van der Waals surface area contributed by atoms with Crippen LogP contribution in [0, 0.1) is 0 Å². The number of hydrogen-bond donors (Lipinski definition) is 2. The van der Waals surface area contributed by atoms with E-state index in [0.717, 1.165) is 5.56 Å². The van der Waals surface area contributed by atoms with Gasteiger partial charge < -0.3 is 15.4 Å². The number of aromatic nitrogens is 3. The van der Waals surface area contributed by atoms with Gasteiger partial charge in [-0.3, -0.25) is 4.79 Å². The molecule has 24 heavy (non-hydrogen) atoms. The third kappa shape index (κ3) is 4.05. The highest BCUT2D eigenvalue weighted by atomic mass is 32.1. The maximum Gasteiger partial charge on any atom is 0.271 e. The molecule has 122 valence electrons. The second-order valence-corrected chi connectivity index (χ2v) is 5.63. The summed E-state index contributed by atoms with van der Waals surface area (Å²) in [4.78, 5) is 24.7. The van der Waals surface area contributed by atoms with Crippen molar-refractivity contribution in [1.82, 2.24) is 20.3 Å². The normalized spacial score (nSPS) is 10.2. The van der Waals surface area contributed by atoms with Crippen molar-refractivity contribution in [2.24, 2.45) is 0 Å². The van der Waals surface area contributed by atoms with Crippen molar-refractivity contribution in [2.45, 2.75) is 6.54 Å². The first-order chi connectivity index (χ1) is 11.7. The summed E-state index contributed by atoms with van der Waals surface area (Å²) in [6.07, 6.45) is 3.35. The molecule has 0 aliphatic rings. The van der Waals surface area contributed by atoms with E-state index in [4.69, 9.17) is 4.74 Å². The lowest BCUT2D eigenvalue weighted by atomic mass is 10.3. The number of pyridine rings is 2. The molecule has 0 aliphatic carbocycles. The van der Waals surface area contributed by atoms with Crippen molar-refractivity contribution < 1.29 is 9.53 Å². The lowest BCUT2D eigenvalue weighted by molar-refractivity contribution is 0.0946. The number of ether oxygens (including phenoxy) is 1. The Morgan fingerprint density at radius 2 is 2.17 bits per heavy atom. The number of rotatable bonds is 6. The van der Waals surface area contributed by atoms with E-state index in [1.165, 1.54) is 11.3 Å². The first kappa shape index (κ1) is 15.9. The van der Waals surface area contributed by atoms with Gasteiger partial charge in [-0.25, -0.2) is 15.0 Å². The summed E-state index contributed by atoms with van der Waals surface area (Å²) in [7, 11) is 1.56. The average Bonchev–Trinajstić information content (AvgIpc) is 3.09. The fourth-order valence-corrected chi connectivity index (χ4v) is 2.59. The summed E-state index contributed by atoms with van der Waals surface area (Å²) in [5, 5.41) is 8.19. The molecule has 0 saturated carbocycles. The minimum absolute atomic E-state index is 0.240. The summed E-state index contributed by atoms with van der Waals surface area (Å²) in [5.74, 6) is 0.981. The van der Waals surface area contributed by atoms with E-state index in [9.17, 15) is 4.79 Å². The molecule has 3 aromatic heterocycles. The molecule has 0 unspecified atom stereocenters. The Morgan fingerprint density at radius 3 is 2.88 bits per heavy atom. The highest BCUT2D eigenvalue weighted by Crippen LogP contribution is 2.19. The minimum Gasteiger partial charge on any atom is -0.481 e. The molecule has 0 bridgehead atoms. The van der Waals surface area contributed by atoms with Crippen LogP contribution in [0.15, 0.2) is 48.1 Å². The molecule has 3 rings (SSSR count). The number of anilines is 2. The monoisotopic (exact) mass is 341 g/mol. The minimum atomic E-state index is -0.240. The van der Waals surface area contributed by atoms with E-state index >= 15 is 0 Å². The molecular formula is C16H15N5O2S. The smallest absolute Gasteiger partial charge is 0.271 e. The second kappa shape index (κ2) is 7.51. The molecule has 0 atom stereocenters. The lowest BCUT2D eigenvalue weighted by Crippen LogP contribution is -2.23. The van der Waals surface area contributed by atoms with Crippen LogP contribution in [0.5, 0.6) is 5.88 Å². The number of nitrogens with zero attached hydrogens (tertiary/aromatic N) is 3. The molecule has 0 aromatic carbocycles. The third-order valence-corrected chi connectivity index (χ3v) is 3.85. The molecule has 0 aliphatic heterocycles. The van der Waals surface area contributed by atoms with Gasteiger partial charge in [0.2, 0.25) is 5.88 Å². The Hall–Kier alpha value is -3.00. The maximum absolute atomic E-state index is 12.2. The van der Waals surface area contributed by atoms with E-state index in [0.29, 0.717) is 29.1 Å². The summed E-state index contributed by atoms with van der Waals surface area (Å²) in [6, 6.07) is 9.14. The van der Waals surface area contributed by atoms with Crippen molar-refractivity contribution in [3.8, 4) is 5.88 Å². The van der Waals surface area contributed by atoms with Crippen molar-refractivity contribution in [2.75, 3.05) is 12.4 Å². The Morgan fingerprint density at radius 1 is 1.25 bits per heavy atom. The van der Waals surface area contributed by atoms with Gasteiger partial charge in [-0.15, -0.1) is 11.3 Å². The number of carbonyl (C=O) groups excluding carboxylic acids is 1. The van der Waals surface area contributed by atoms with Crippen LogP contribution in [0.1, 0.15) is 16.1 Å². The van der Waals surface area contributed by atoms with Crippen LogP contribution in [0.25, 0.3) is 0 Å². The molecule has 0 saturated heterocycles. The highest BCUT2D eigenvalue weighted by Gasteiger charge is 2.11. The summed E-state index contributed by atoms with van der Waals surface area (Å²) in [5.41, 5.74) is 1.24. The summed E-state index contributed by atoms with van der Waals surface area (Å²) < 4.78 is 5.00. The van der Waals surface area contributed by atoms with E-state index < -0.39 is 0 Å². The van der Waals surface area contributed by atoms with Gasteiger partial charge in [0, 0.05) is 30.4 Å². The van der Waals surface area contributed by atoms with E-state index in [1.54, 1.807) is 30.9 Å². The molecule has 8 heteroatoms. The molecule has 0 radical (unpaired) electrons. The second-order valence-electron chi connectivity index (χ2n) is 4.77. The van der Waals surface area contributed by atoms with Crippen molar-refractivity contribution >= 4 is 28.2 Å². The first-order valence-corrected chi connectivity index (χ1v) is 8.03. The van der Waals surface area contributed by atoms with Gasteiger partial charge in [-0.05, 0) is 17.7 Å². The van der Waals surface area contributed by atoms with Gasteiger partial charge in [-0.1, -0.05) is 12.1 Å². The van der Waals surface area contributed by atoms with E-state index in [2.05, 4.69) is 25.6 Å². The van der Waals surface area contributed by atoms with Gasteiger partial charge in [0.05, 0.1) is 7.11 Å². The van der Waals surface area contributed by atoms with E-state index in [1.807, 2.05) is 24.3 Å². The average molecular weight is 341 g/mol. The van der Waals surface area contributed by atoms with Gasteiger partial charge in [0.1, 0.15) is 11.5 Å². The van der Waals surface area contributed by atoms with Gasteiger partial charge >= 0.3 is 0 Å². The van der Waals surface area contributed by atoms with E-state index in [-0.39, 0.29) is 5.91 Å². The Kier molecular flexibility index (Phi) is 4.97. The van der Waals surface area contributed by atoms with Crippen LogP contribution >= 0.6 is 11.3 Å². The zero-order valence-electron chi connectivity index (χ0n) is 12.9. The SMILES string of the molecule is COc1ccc(CNC(=O)c2csc(Nc3ccccn3)n2)cn1. The fraction of sp³-hybridized carbons (Fsp3) is 0.125. The Bertz CT molecular complexity index is 805. The zero-order valence-corrected chi connectivity index (χ0v) is 13.7. The Labute approximate surface area is 142 Å². The summed E-state index contributed by atoms with van der Waals surface area (Å²) in [6.45, 7) is 0.371. The molecule has 7 nitrogen and oxygen atoms in total. The molecule has 3 aromatic rings. The largest absolute Gasteiger partial charge is 0.481 e. The molecule has 2 N–H and O–H groups in total. The number of nitrogens with one attached hydrogen (secondary N) is 2. The molecular weight excluding hydrogens is 326 g/mol. The van der Waals surface area contributed by atoms with Gasteiger partial charge in [0.15, 0.2) is 5.13 Å². The fourth-order valence-electron chi connectivity index (χ4n) is 1.89. The van der Waals surface area contributed by atoms with Crippen LogP contribution in [0.4, 0.5) is 10.9 Å². The van der Waals surface area contributed by atoms with Crippen LogP contribution in [0.3, 0.4) is 0 Å². The van der Waals surface area contributed by atoms with Crippen LogP contribution in [-0.4, -0.2) is 28.0 Å². The summed E-state index contributed by atoms with van der Waals surface area (Å²) >= 11 is 1.35. The molecule has 1 amide bonds. The topological polar surface area (TPSA) is 89.0 Å². The predicted octanol–water partition coefficient (Wildman–Crippen LogP) is 2.62. The quantitative estimate of drug-likeness (QED) is 0.716. The van der Waals surface area contributed by atoms with Crippen molar-refractivity contribution in [3.63, 3.8) is 0 Å². The van der Waals surface area contributed by atoms with Crippen molar-refractivity contribution in [3.05, 3.63) is 59.4 Å². The molecule has 0 fully saturated rings. The highest BCUT2D eigenvalue weighted by molar-refractivity contribution is 7.14. The van der Waals surface area contributed by atoms with Crippen LogP contribution in [0.2, 0.25) is 0 Å². The number of methoxy groups -OCH3 is 1. The first-order valence-electron chi connectivity index (χ1n) is 7.15. The maximum atomic E-state index is 12.2. The van der Waals surface area contributed by atoms with Gasteiger partial charge in [-0.2, -0.15) is 0 Å². The van der Waals surface area contributed by atoms with Crippen LogP contribution in [-0.2, 0) is 6.54 Å². The lowest BCUT2D eigenvalue weighted by Gasteiger charge is -2.04. The van der Waals surface area contributed by atoms with Gasteiger partial charge in [0.25, 0.3) is 5.91 Å². The zero-order chi connectivity index (χ0) is 16.8. The predicted molar refractivity (Wildman–Crippen MR) is 91.6 cm³/mol.